The van der Waals surface area contributed by atoms with E-state index in [2.05, 4.69) is 0 Å². The zero-order chi connectivity index (χ0) is 12.7. The average molecular weight is 259 g/mol. The van der Waals surface area contributed by atoms with Gasteiger partial charge < -0.3 is 4.42 Å². The Hall–Kier alpha value is -2.14. The molecule has 0 spiro atoms. The predicted molar refractivity (Wildman–Crippen MR) is 70.9 cm³/mol. The van der Waals surface area contributed by atoms with Crippen LogP contribution in [0.4, 0.5) is 5.69 Å². The predicted octanol–water partition coefficient (Wildman–Crippen LogP) is 4.38. The van der Waals surface area contributed by atoms with Gasteiger partial charge in [0.1, 0.15) is 5.76 Å². The largest absolute Gasteiger partial charge is 0.453 e. The van der Waals surface area contributed by atoms with Crippen molar-refractivity contribution in [3.05, 3.63) is 51.6 Å². The zero-order valence-corrected chi connectivity index (χ0v) is 10.4. The van der Waals surface area contributed by atoms with E-state index in [0.29, 0.717) is 11.3 Å². The number of non-ortho nitro benzene ring substituents is 1. The Bertz CT molecular complexity index is 728. The highest BCUT2D eigenvalue weighted by Gasteiger charge is 2.21. The number of nitro benzene ring substituents is 1. The topological polar surface area (TPSA) is 56.3 Å². The Kier molecular flexibility index (Phi) is 2.41. The maximum Gasteiger partial charge on any atom is 0.312 e. The lowest BCUT2D eigenvalue weighted by atomic mass is 10.1. The van der Waals surface area contributed by atoms with Gasteiger partial charge in [-0.15, -0.1) is 11.3 Å². The van der Waals surface area contributed by atoms with E-state index in [-0.39, 0.29) is 5.69 Å². The fraction of sp³-hybridized carbons (Fsp3) is 0.0769. The molecule has 0 saturated carbocycles. The molecule has 3 aromatic rings. The Morgan fingerprint density at radius 2 is 2.11 bits per heavy atom. The van der Waals surface area contributed by atoms with Crippen LogP contribution in [-0.4, -0.2) is 4.92 Å². The molecular weight excluding hydrogens is 250 g/mol. The van der Waals surface area contributed by atoms with Crippen LogP contribution in [0.15, 0.2) is 40.1 Å². The van der Waals surface area contributed by atoms with Crippen molar-refractivity contribution in [3.63, 3.8) is 0 Å². The SMILES string of the molecule is Cc1oc2c([N+](=O)[O-])cccc2c1-c1cccs1. The van der Waals surface area contributed by atoms with E-state index in [4.69, 9.17) is 4.42 Å². The quantitative estimate of drug-likeness (QED) is 0.507. The van der Waals surface area contributed by atoms with Gasteiger partial charge in [-0.1, -0.05) is 12.1 Å². The van der Waals surface area contributed by atoms with Gasteiger partial charge in [0.05, 0.1) is 4.92 Å². The molecule has 0 fully saturated rings. The maximum absolute atomic E-state index is 11.0. The second-order valence-corrected chi connectivity index (χ2v) is 4.87. The van der Waals surface area contributed by atoms with Crippen molar-refractivity contribution < 1.29 is 9.34 Å². The highest BCUT2D eigenvalue weighted by Crippen LogP contribution is 2.39. The molecule has 0 saturated heterocycles. The van der Waals surface area contributed by atoms with E-state index in [1.165, 1.54) is 6.07 Å². The van der Waals surface area contributed by atoms with Crippen LogP contribution in [0.2, 0.25) is 0 Å². The third-order valence-electron chi connectivity index (χ3n) is 2.84. The molecule has 18 heavy (non-hydrogen) atoms. The second kappa shape index (κ2) is 3.96. The van der Waals surface area contributed by atoms with Crippen molar-refractivity contribution in [2.45, 2.75) is 6.92 Å². The first-order valence-electron chi connectivity index (χ1n) is 5.39. The fourth-order valence-corrected chi connectivity index (χ4v) is 2.93. The van der Waals surface area contributed by atoms with Gasteiger partial charge in [-0.2, -0.15) is 0 Å². The van der Waals surface area contributed by atoms with Crippen LogP contribution in [0.5, 0.6) is 0 Å². The number of benzene rings is 1. The number of nitro groups is 1. The summed E-state index contributed by atoms with van der Waals surface area (Å²) in [4.78, 5) is 11.6. The zero-order valence-electron chi connectivity index (χ0n) is 9.54. The number of furan rings is 1. The first-order valence-corrected chi connectivity index (χ1v) is 6.27. The summed E-state index contributed by atoms with van der Waals surface area (Å²) in [7, 11) is 0. The van der Waals surface area contributed by atoms with Crippen molar-refractivity contribution in [2.75, 3.05) is 0 Å². The molecule has 4 nitrogen and oxygen atoms in total. The standard InChI is InChI=1S/C13H9NO3S/c1-8-12(11-6-3-7-18-11)9-4-2-5-10(14(15)16)13(9)17-8/h2-7H,1H3. The molecule has 3 rings (SSSR count). The number of para-hydroxylation sites is 1. The minimum atomic E-state index is -0.413. The van der Waals surface area contributed by atoms with Crippen molar-refractivity contribution in [1.29, 1.82) is 0 Å². The molecule has 0 amide bonds. The van der Waals surface area contributed by atoms with Gasteiger partial charge in [0.2, 0.25) is 5.58 Å². The number of hydrogen-bond donors (Lipinski definition) is 0. The molecule has 90 valence electrons. The van der Waals surface area contributed by atoms with Gasteiger partial charge in [0, 0.05) is 21.9 Å². The monoisotopic (exact) mass is 259 g/mol. The molecule has 5 heteroatoms. The number of aryl methyl sites for hydroxylation is 1. The van der Waals surface area contributed by atoms with Gasteiger partial charge >= 0.3 is 5.69 Å². The van der Waals surface area contributed by atoms with Crippen LogP contribution < -0.4 is 0 Å². The van der Waals surface area contributed by atoms with Crippen molar-refractivity contribution in [1.82, 2.24) is 0 Å². The molecule has 1 aromatic carbocycles. The first kappa shape index (κ1) is 11.0. The summed E-state index contributed by atoms with van der Waals surface area (Å²) in [5, 5.41) is 13.7. The van der Waals surface area contributed by atoms with Gasteiger partial charge in [0.15, 0.2) is 0 Å². The number of nitrogens with zero attached hydrogens (tertiary/aromatic N) is 1. The third-order valence-corrected chi connectivity index (χ3v) is 3.72. The fourth-order valence-electron chi connectivity index (χ4n) is 2.09. The molecule has 0 aliphatic rings. The molecule has 2 aromatic heterocycles. The number of thiophene rings is 1. The van der Waals surface area contributed by atoms with E-state index in [1.54, 1.807) is 17.4 Å². The van der Waals surface area contributed by atoms with Gasteiger partial charge in [0.25, 0.3) is 0 Å². The van der Waals surface area contributed by atoms with Crippen molar-refractivity contribution in [2.24, 2.45) is 0 Å². The molecule has 0 aliphatic carbocycles. The van der Waals surface area contributed by atoms with Crippen LogP contribution >= 0.6 is 11.3 Å². The molecule has 0 N–H and O–H groups in total. The summed E-state index contributed by atoms with van der Waals surface area (Å²) in [6.45, 7) is 1.83. The first-order chi connectivity index (χ1) is 8.68. The minimum Gasteiger partial charge on any atom is -0.453 e. The molecule has 0 radical (unpaired) electrons. The lowest BCUT2D eigenvalue weighted by Crippen LogP contribution is -1.87. The van der Waals surface area contributed by atoms with Gasteiger partial charge in [-0.25, -0.2) is 0 Å². The van der Waals surface area contributed by atoms with Crippen LogP contribution in [0, 0.1) is 17.0 Å². The summed E-state index contributed by atoms with van der Waals surface area (Å²) in [5.41, 5.74) is 1.31. The van der Waals surface area contributed by atoms with E-state index < -0.39 is 4.92 Å². The highest BCUT2D eigenvalue weighted by molar-refractivity contribution is 7.13. The van der Waals surface area contributed by atoms with Crippen molar-refractivity contribution >= 4 is 28.0 Å². The lowest BCUT2D eigenvalue weighted by molar-refractivity contribution is -0.383. The lowest BCUT2D eigenvalue weighted by Gasteiger charge is -1.95. The van der Waals surface area contributed by atoms with Crippen molar-refractivity contribution in [3.8, 4) is 10.4 Å². The van der Waals surface area contributed by atoms with Gasteiger partial charge in [-0.3, -0.25) is 10.1 Å². The summed E-state index contributed by atoms with van der Waals surface area (Å²) >= 11 is 1.59. The van der Waals surface area contributed by atoms with E-state index >= 15 is 0 Å². The molecule has 0 bridgehead atoms. The maximum atomic E-state index is 11.0. The summed E-state index contributed by atoms with van der Waals surface area (Å²) in [5.74, 6) is 0.710. The normalized spacial score (nSPS) is 10.9. The van der Waals surface area contributed by atoms with Crippen LogP contribution in [0.1, 0.15) is 5.76 Å². The second-order valence-electron chi connectivity index (χ2n) is 3.92. The molecule has 0 unspecified atom stereocenters. The van der Waals surface area contributed by atoms with E-state index in [0.717, 1.165) is 15.8 Å². The van der Waals surface area contributed by atoms with Crippen LogP contribution in [0.25, 0.3) is 21.4 Å². The smallest absolute Gasteiger partial charge is 0.312 e. The third kappa shape index (κ3) is 1.52. The molecule has 0 atom stereocenters. The van der Waals surface area contributed by atoms with Crippen LogP contribution in [0.3, 0.4) is 0 Å². The van der Waals surface area contributed by atoms with Gasteiger partial charge in [-0.05, 0) is 24.4 Å². The minimum absolute atomic E-state index is 0.0124. The highest BCUT2D eigenvalue weighted by atomic mass is 32.1. The van der Waals surface area contributed by atoms with E-state index in [9.17, 15) is 10.1 Å². The summed E-state index contributed by atoms with van der Waals surface area (Å²) in [6.07, 6.45) is 0. The van der Waals surface area contributed by atoms with E-state index in [1.807, 2.05) is 30.5 Å². The summed E-state index contributed by atoms with van der Waals surface area (Å²) in [6, 6.07) is 8.94. The number of fused-ring (bicyclic) bond motifs is 1. The summed E-state index contributed by atoms with van der Waals surface area (Å²) < 4.78 is 5.58. The average Bonchev–Trinajstić information content (AvgIpc) is 2.93. The molecule has 2 heterocycles. The Morgan fingerprint density at radius 3 is 2.78 bits per heavy atom. The Balaban J connectivity index is 2.38. The molecule has 0 aliphatic heterocycles. The Labute approximate surface area is 107 Å². The Morgan fingerprint density at radius 1 is 1.28 bits per heavy atom. The number of rotatable bonds is 2. The van der Waals surface area contributed by atoms with Crippen LogP contribution in [-0.2, 0) is 0 Å². The number of hydrogen-bond acceptors (Lipinski definition) is 4. The molecular formula is C13H9NO3S.